The molecule has 1 amide bonds. The van der Waals surface area contributed by atoms with E-state index in [-0.39, 0.29) is 29.7 Å². The van der Waals surface area contributed by atoms with Gasteiger partial charge in [-0.1, -0.05) is 11.6 Å². The summed E-state index contributed by atoms with van der Waals surface area (Å²) < 4.78 is 19.0. The lowest BCUT2D eigenvalue weighted by atomic mass is 9.78. The van der Waals surface area contributed by atoms with Crippen molar-refractivity contribution in [1.29, 1.82) is 0 Å². The molecule has 0 spiro atoms. The predicted molar refractivity (Wildman–Crippen MR) is 112 cm³/mol. The number of nitrogens with zero attached hydrogens (tertiary/aromatic N) is 1. The Kier molecular flexibility index (Phi) is 4.91. The van der Waals surface area contributed by atoms with Crippen LogP contribution in [0.5, 0.6) is 5.75 Å². The molecule has 1 saturated heterocycles. The van der Waals surface area contributed by atoms with Gasteiger partial charge in [0.1, 0.15) is 23.4 Å². The van der Waals surface area contributed by atoms with Crippen molar-refractivity contribution in [1.82, 2.24) is 9.88 Å². The monoisotopic (exact) mass is 428 g/mol. The number of likely N-dealkylation sites (tertiary alicyclic amines) is 1. The molecular formula is C23H22ClFN2O3. The van der Waals surface area contributed by atoms with Crippen LogP contribution in [0.2, 0.25) is 5.02 Å². The van der Waals surface area contributed by atoms with Gasteiger partial charge in [-0.05, 0) is 73.2 Å². The van der Waals surface area contributed by atoms with Crippen molar-refractivity contribution in [3.05, 3.63) is 65.1 Å². The van der Waals surface area contributed by atoms with Gasteiger partial charge in [-0.2, -0.15) is 0 Å². The molecule has 30 heavy (non-hydrogen) atoms. The smallest absolute Gasteiger partial charge is 0.270 e. The van der Waals surface area contributed by atoms with E-state index < -0.39 is 6.10 Å². The van der Waals surface area contributed by atoms with E-state index in [1.54, 1.807) is 18.2 Å². The summed E-state index contributed by atoms with van der Waals surface area (Å²) in [4.78, 5) is 18.1. The van der Waals surface area contributed by atoms with E-state index in [4.69, 9.17) is 16.3 Å². The zero-order valence-electron chi connectivity index (χ0n) is 16.2. The maximum absolute atomic E-state index is 13.1. The molecule has 0 unspecified atom stereocenters. The number of ether oxygens (including phenoxy) is 1. The normalized spacial score (nSPS) is 26.0. The minimum Gasteiger partial charge on any atom is -0.488 e. The van der Waals surface area contributed by atoms with Gasteiger partial charge < -0.3 is 19.7 Å². The van der Waals surface area contributed by atoms with E-state index in [1.807, 2.05) is 23.1 Å². The molecule has 1 aliphatic carbocycles. The van der Waals surface area contributed by atoms with E-state index in [9.17, 15) is 14.3 Å². The average Bonchev–Trinajstić information content (AvgIpc) is 3.32. The van der Waals surface area contributed by atoms with Crippen LogP contribution in [0.25, 0.3) is 10.9 Å². The Morgan fingerprint density at radius 2 is 1.83 bits per heavy atom. The number of rotatable bonds is 3. The van der Waals surface area contributed by atoms with Crippen LogP contribution in [0.4, 0.5) is 4.39 Å². The quantitative estimate of drug-likeness (QED) is 0.655. The molecule has 0 bridgehead atoms. The molecule has 156 valence electrons. The summed E-state index contributed by atoms with van der Waals surface area (Å²) in [6.45, 7) is 1.26. The Balaban J connectivity index is 1.28. The Bertz CT molecular complexity index is 1080. The molecule has 1 aromatic heterocycles. The summed E-state index contributed by atoms with van der Waals surface area (Å²) in [5, 5.41) is 12.1. The Morgan fingerprint density at radius 1 is 1.10 bits per heavy atom. The van der Waals surface area contributed by atoms with Gasteiger partial charge in [0.25, 0.3) is 5.91 Å². The number of carbonyl (C=O) groups is 1. The third-order valence-electron chi connectivity index (χ3n) is 6.29. The molecule has 5 rings (SSSR count). The zero-order valence-corrected chi connectivity index (χ0v) is 17.0. The predicted octanol–water partition coefficient (Wildman–Crippen LogP) is 4.25. The van der Waals surface area contributed by atoms with Gasteiger partial charge >= 0.3 is 0 Å². The second kappa shape index (κ2) is 7.60. The number of fused-ring (bicyclic) bond motifs is 2. The van der Waals surface area contributed by atoms with Crippen molar-refractivity contribution >= 4 is 28.4 Å². The van der Waals surface area contributed by atoms with Gasteiger partial charge in [0.2, 0.25) is 0 Å². The first kappa shape index (κ1) is 19.4. The summed E-state index contributed by atoms with van der Waals surface area (Å²) in [5.41, 5.74) is 1.42. The first-order valence-electron chi connectivity index (χ1n) is 10.1. The van der Waals surface area contributed by atoms with Crippen molar-refractivity contribution in [3.63, 3.8) is 0 Å². The number of aliphatic hydroxyl groups is 1. The lowest BCUT2D eigenvalue weighted by Gasteiger charge is -2.35. The minimum atomic E-state index is -0.610. The topological polar surface area (TPSA) is 65.6 Å². The fourth-order valence-electron chi connectivity index (χ4n) is 4.76. The molecule has 4 atom stereocenters. The highest BCUT2D eigenvalue weighted by molar-refractivity contribution is 6.31. The molecular weight excluding hydrogens is 407 g/mol. The highest BCUT2D eigenvalue weighted by Gasteiger charge is 2.44. The van der Waals surface area contributed by atoms with Crippen molar-refractivity contribution in [2.45, 2.75) is 25.0 Å². The maximum atomic E-state index is 13.1. The number of hydrogen-bond acceptors (Lipinski definition) is 3. The van der Waals surface area contributed by atoms with Crippen molar-refractivity contribution in [3.8, 4) is 5.75 Å². The van der Waals surface area contributed by atoms with E-state index in [0.29, 0.717) is 42.4 Å². The molecule has 7 heteroatoms. The van der Waals surface area contributed by atoms with E-state index in [2.05, 4.69) is 4.98 Å². The molecule has 2 heterocycles. The third kappa shape index (κ3) is 3.66. The molecule has 2 N–H and O–H groups in total. The maximum Gasteiger partial charge on any atom is 0.270 e. The first-order valence-corrected chi connectivity index (χ1v) is 10.5. The van der Waals surface area contributed by atoms with Gasteiger partial charge in [0.15, 0.2) is 0 Å². The van der Waals surface area contributed by atoms with Gasteiger partial charge in [-0.25, -0.2) is 4.39 Å². The largest absolute Gasteiger partial charge is 0.488 e. The van der Waals surface area contributed by atoms with Crippen LogP contribution < -0.4 is 4.74 Å². The van der Waals surface area contributed by atoms with E-state index >= 15 is 0 Å². The summed E-state index contributed by atoms with van der Waals surface area (Å²) in [7, 11) is 0. The highest BCUT2D eigenvalue weighted by Crippen LogP contribution is 2.38. The second-order valence-corrected chi connectivity index (χ2v) is 8.73. The molecule has 2 fully saturated rings. The second-order valence-electron chi connectivity index (χ2n) is 8.29. The van der Waals surface area contributed by atoms with Gasteiger partial charge in [-0.15, -0.1) is 0 Å². The zero-order chi connectivity index (χ0) is 20.8. The van der Waals surface area contributed by atoms with Crippen molar-refractivity contribution in [2.24, 2.45) is 11.8 Å². The Morgan fingerprint density at radius 3 is 2.60 bits per heavy atom. The Labute approximate surface area is 178 Å². The van der Waals surface area contributed by atoms with Crippen LogP contribution in [-0.4, -0.2) is 46.2 Å². The molecule has 0 radical (unpaired) electrons. The summed E-state index contributed by atoms with van der Waals surface area (Å²) >= 11 is 6.05. The molecule has 3 aromatic rings. The lowest BCUT2D eigenvalue weighted by molar-refractivity contribution is -0.0231. The minimum absolute atomic E-state index is 0.0396. The summed E-state index contributed by atoms with van der Waals surface area (Å²) in [6, 6.07) is 13.2. The van der Waals surface area contributed by atoms with E-state index in [1.165, 1.54) is 12.1 Å². The molecule has 5 nitrogen and oxygen atoms in total. The summed E-state index contributed by atoms with van der Waals surface area (Å²) in [6.07, 6.45) is 0.279. The number of benzene rings is 2. The van der Waals surface area contributed by atoms with Crippen LogP contribution in [0.3, 0.4) is 0 Å². The number of aromatic nitrogens is 1. The lowest BCUT2D eigenvalue weighted by Crippen LogP contribution is -2.42. The standard InChI is InChI=1S/C23H22ClFN2O3/c24-16-1-6-19-13(7-16)8-20(26-19)23(29)27-11-14-9-21(28)22(10-15(14)12-27)30-18-4-2-17(25)3-5-18/h1-8,14-15,21-22,26,28H,9-12H2/t14-,15+,21+,22+/m0/s1. The number of nitrogens with one attached hydrogen (secondary N) is 1. The fourth-order valence-corrected chi connectivity index (χ4v) is 4.94. The fraction of sp³-hybridized carbons (Fsp3) is 0.348. The summed E-state index contributed by atoms with van der Waals surface area (Å²) in [5.74, 6) is 0.692. The average molecular weight is 429 g/mol. The van der Waals surface area contributed by atoms with Crippen molar-refractivity contribution < 1.29 is 19.0 Å². The Hall–Kier alpha value is -2.57. The van der Waals surface area contributed by atoms with Gasteiger partial charge in [0, 0.05) is 29.0 Å². The number of carbonyl (C=O) groups excluding carboxylic acids is 1. The molecule has 2 aliphatic rings. The third-order valence-corrected chi connectivity index (χ3v) is 6.52. The highest BCUT2D eigenvalue weighted by atomic mass is 35.5. The van der Waals surface area contributed by atoms with Crippen LogP contribution in [0, 0.1) is 17.7 Å². The molecule has 2 aromatic carbocycles. The SMILES string of the molecule is O=C(c1cc2cc(Cl)ccc2[nH]1)N1C[C@H]2C[C@@H](Oc3ccc(F)cc3)[C@H](O)C[C@H]2C1. The number of H-pyrrole nitrogens is 1. The van der Waals surface area contributed by atoms with Crippen LogP contribution in [0.15, 0.2) is 48.5 Å². The van der Waals surface area contributed by atoms with Crippen LogP contribution in [-0.2, 0) is 0 Å². The number of halogens is 2. The van der Waals surface area contributed by atoms with Crippen molar-refractivity contribution in [2.75, 3.05) is 13.1 Å². The number of aromatic amines is 1. The number of amides is 1. The van der Waals surface area contributed by atoms with E-state index in [0.717, 1.165) is 10.9 Å². The molecule has 1 aliphatic heterocycles. The first-order chi connectivity index (χ1) is 14.5. The van der Waals surface area contributed by atoms with Gasteiger partial charge in [0.05, 0.1) is 6.10 Å². The van der Waals surface area contributed by atoms with Gasteiger partial charge in [-0.3, -0.25) is 4.79 Å². The number of aliphatic hydroxyl groups excluding tert-OH is 1. The molecule has 1 saturated carbocycles. The number of hydrogen-bond donors (Lipinski definition) is 2. The van der Waals surface area contributed by atoms with Crippen LogP contribution in [0.1, 0.15) is 23.3 Å². The van der Waals surface area contributed by atoms with Crippen LogP contribution >= 0.6 is 11.6 Å².